The number of carbonyl (C=O) groups excluding carboxylic acids is 1. The number of nitrogens with one attached hydrogen (secondary N) is 1. The fourth-order valence-electron chi connectivity index (χ4n) is 2.49. The van der Waals surface area contributed by atoms with Crippen LogP contribution in [0.3, 0.4) is 0 Å². The highest BCUT2D eigenvalue weighted by Crippen LogP contribution is 2.24. The third-order valence-corrected chi connectivity index (χ3v) is 4.09. The zero-order valence-electron chi connectivity index (χ0n) is 14.5. The summed E-state index contributed by atoms with van der Waals surface area (Å²) in [6.07, 6.45) is 0. The number of carbonyl (C=O) groups is 1. The Morgan fingerprint density at radius 1 is 1.07 bits per heavy atom. The number of methoxy groups -OCH3 is 1. The highest BCUT2D eigenvalue weighted by Gasteiger charge is 2.12. The van der Waals surface area contributed by atoms with Gasteiger partial charge in [-0.1, -0.05) is 17.7 Å². The van der Waals surface area contributed by atoms with Crippen LogP contribution in [0.4, 0.5) is 10.1 Å². The summed E-state index contributed by atoms with van der Waals surface area (Å²) in [5, 5.41) is 3.29. The maximum Gasteiger partial charge on any atom is 0.255 e. The molecule has 3 rings (SSSR count). The van der Waals surface area contributed by atoms with E-state index in [9.17, 15) is 9.18 Å². The van der Waals surface area contributed by atoms with E-state index in [1.165, 1.54) is 18.2 Å². The number of halogens is 2. The van der Waals surface area contributed by atoms with Crippen LogP contribution in [0.5, 0.6) is 11.5 Å². The van der Waals surface area contributed by atoms with Crippen LogP contribution in [0.2, 0.25) is 5.02 Å². The summed E-state index contributed by atoms with van der Waals surface area (Å²) in [6.45, 7) is 0.214. The average molecular weight is 386 g/mol. The van der Waals surface area contributed by atoms with Crippen LogP contribution in [0, 0.1) is 5.82 Å². The molecule has 0 aromatic heterocycles. The molecule has 0 heterocycles. The number of rotatable bonds is 6. The molecule has 0 aliphatic heterocycles. The van der Waals surface area contributed by atoms with Gasteiger partial charge in [-0.3, -0.25) is 4.79 Å². The van der Waals surface area contributed by atoms with Gasteiger partial charge in [-0.05, 0) is 60.7 Å². The third-order valence-electron chi connectivity index (χ3n) is 3.83. The second-order valence-electron chi connectivity index (χ2n) is 5.73. The van der Waals surface area contributed by atoms with Gasteiger partial charge in [0.1, 0.15) is 23.9 Å². The van der Waals surface area contributed by atoms with Crippen molar-refractivity contribution in [1.29, 1.82) is 0 Å². The van der Waals surface area contributed by atoms with Crippen LogP contribution in [0.15, 0.2) is 66.7 Å². The van der Waals surface area contributed by atoms with Crippen molar-refractivity contribution >= 4 is 23.2 Å². The maximum absolute atomic E-state index is 13.3. The molecule has 1 amide bonds. The predicted molar refractivity (Wildman–Crippen MR) is 103 cm³/mol. The molecule has 3 aromatic carbocycles. The van der Waals surface area contributed by atoms with E-state index >= 15 is 0 Å². The molecule has 0 aliphatic rings. The summed E-state index contributed by atoms with van der Waals surface area (Å²) in [6, 6.07) is 17.7. The first kappa shape index (κ1) is 18.7. The number of hydrogen-bond acceptors (Lipinski definition) is 3. The molecule has 6 heteroatoms. The first-order valence-electron chi connectivity index (χ1n) is 8.17. The molecular weight excluding hydrogens is 369 g/mol. The van der Waals surface area contributed by atoms with E-state index < -0.39 is 5.82 Å². The summed E-state index contributed by atoms with van der Waals surface area (Å²) < 4.78 is 24.4. The molecule has 0 fully saturated rings. The smallest absolute Gasteiger partial charge is 0.255 e. The lowest BCUT2D eigenvalue weighted by Gasteiger charge is -2.12. The summed E-state index contributed by atoms with van der Waals surface area (Å²) in [5.74, 6) is 0.484. The predicted octanol–water partition coefficient (Wildman–Crippen LogP) is 5.32. The Morgan fingerprint density at radius 2 is 1.85 bits per heavy atom. The fourth-order valence-corrected chi connectivity index (χ4v) is 2.62. The lowest BCUT2D eigenvalue weighted by Crippen LogP contribution is -2.13. The number of benzene rings is 3. The monoisotopic (exact) mass is 385 g/mol. The molecule has 4 nitrogen and oxygen atoms in total. The summed E-state index contributed by atoms with van der Waals surface area (Å²) in [4.78, 5) is 12.5. The van der Waals surface area contributed by atoms with Gasteiger partial charge in [0.15, 0.2) is 0 Å². The Kier molecular flexibility index (Phi) is 5.94. The molecule has 138 valence electrons. The van der Waals surface area contributed by atoms with E-state index in [0.29, 0.717) is 33.3 Å². The summed E-state index contributed by atoms with van der Waals surface area (Å²) in [5.41, 5.74) is 1.50. The zero-order valence-corrected chi connectivity index (χ0v) is 15.3. The summed E-state index contributed by atoms with van der Waals surface area (Å²) >= 11 is 5.86. The number of anilines is 1. The van der Waals surface area contributed by atoms with E-state index in [1.807, 2.05) is 0 Å². The Hall–Kier alpha value is -3.05. The average Bonchev–Trinajstić information content (AvgIpc) is 2.67. The van der Waals surface area contributed by atoms with Crippen LogP contribution >= 0.6 is 11.6 Å². The second kappa shape index (κ2) is 8.56. The molecule has 0 saturated carbocycles. The molecular formula is C21H17ClFNO3. The Morgan fingerprint density at radius 3 is 2.56 bits per heavy atom. The van der Waals surface area contributed by atoms with Gasteiger partial charge in [0.25, 0.3) is 5.91 Å². The van der Waals surface area contributed by atoms with Gasteiger partial charge in [0.2, 0.25) is 0 Å². The van der Waals surface area contributed by atoms with E-state index in [1.54, 1.807) is 55.6 Å². The topological polar surface area (TPSA) is 47.6 Å². The molecule has 1 N–H and O–H groups in total. The lowest BCUT2D eigenvalue weighted by molar-refractivity contribution is 0.102. The van der Waals surface area contributed by atoms with Gasteiger partial charge < -0.3 is 14.8 Å². The molecule has 0 saturated heterocycles. The van der Waals surface area contributed by atoms with Crippen LogP contribution in [-0.4, -0.2) is 13.0 Å². The van der Waals surface area contributed by atoms with Crippen molar-refractivity contribution < 1.29 is 18.7 Å². The highest BCUT2D eigenvalue weighted by molar-refractivity contribution is 6.30. The highest BCUT2D eigenvalue weighted by atomic mass is 35.5. The van der Waals surface area contributed by atoms with Crippen molar-refractivity contribution in [3.63, 3.8) is 0 Å². The molecule has 0 radical (unpaired) electrons. The van der Waals surface area contributed by atoms with Crippen LogP contribution in [0.25, 0.3) is 0 Å². The van der Waals surface area contributed by atoms with Gasteiger partial charge in [-0.2, -0.15) is 0 Å². The van der Waals surface area contributed by atoms with E-state index in [-0.39, 0.29) is 12.5 Å². The third kappa shape index (κ3) is 4.99. The second-order valence-corrected chi connectivity index (χ2v) is 6.17. The van der Waals surface area contributed by atoms with Gasteiger partial charge in [0.05, 0.1) is 7.11 Å². The van der Waals surface area contributed by atoms with Gasteiger partial charge in [-0.25, -0.2) is 4.39 Å². The molecule has 27 heavy (non-hydrogen) atoms. The van der Waals surface area contributed by atoms with E-state index in [2.05, 4.69) is 5.32 Å². The molecule has 0 aliphatic carbocycles. The van der Waals surface area contributed by atoms with Gasteiger partial charge in [-0.15, -0.1) is 0 Å². The maximum atomic E-state index is 13.3. The number of amides is 1. The molecule has 0 unspecified atom stereocenters. The lowest BCUT2D eigenvalue weighted by atomic mass is 10.1. The first-order chi connectivity index (χ1) is 13.0. The fraction of sp³-hybridized carbons (Fsp3) is 0.0952. The SMILES string of the molecule is COc1ccc(C(=O)Nc2cccc(F)c2)cc1COc1ccc(Cl)cc1. The van der Waals surface area contributed by atoms with Crippen molar-refractivity contribution in [3.8, 4) is 11.5 Å². The zero-order chi connectivity index (χ0) is 19.2. The van der Waals surface area contributed by atoms with Crippen LogP contribution < -0.4 is 14.8 Å². The minimum absolute atomic E-state index is 0.214. The van der Waals surface area contributed by atoms with Gasteiger partial charge >= 0.3 is 0 Å². The first-order valence-corrected chi connectivity index (χ1v) is 8.55. The van der Waals surface area contributed by atoms with E-state index in [0.717, 1.165) is 0 Å². The summed E-state index contributed by atoms with van der Waals surface area (Å²) in [7, 11) is 1.55. The van der Waals surface area contributed by atoms with Crippen molar-refractivity contribution in [3.05, 3.63) is 88.7 Å². The number of hydrogen-bond donors (Lipinski definition) is 1. The Balaban J connectivity index is 1.75. The standard InChI is InChI=1S/C21H17ClFNO3/c1-26-20-10-5-14(21(25)24-18-4-2-3-17(23)12-18)11-15(20)13-27-19-8-6-16(22)7-9-19/h2-12H,13H2,1H3,(H,24,25). The van der Waals surface area contributed by atoms with Crippen LogP contribution in [-0.2, 0) is 6.61 Å². The van der Waals surface area contributed by atoms with Crippen molar-refractivity contribution in [2.24, 2.45) is 0 Å². The molecule has 0 spiro atoms. The normalized spacial score (nSPS) is 10.3. The van der Waals surface area contributed by atoms with Crippen LogP contribution in [0.1, 0.15) is 15.9 Å². The van der Waals surface area contributed by atoms with Gasteiger partial charge in [0, 0.05) is 21.8 Å². The quantitative estimate of drug-likeness (QED) is 0.624. The minimum atomic E-state index is -0.417. The Labute approximate surface area is 161 Å². The van der Waals surface area contributed by atoms with E-state index in [4.69, 9.17) is 21.1 Å². The van der Waals surface area contributed by atoms with Crippen molar-refractivity contribution in [2.45, 2.75) is 6.61 Å². The molecule has 0 atom stereocenters. The molecule has 0 bridgehead atoms. The largest absolute Gasteiger partial charge is 0.496 e. The van der Waals surface area contributed by atoms with Crippen molar-refractivity contribution in [2.75, 3.05) is 12.4 Å². The van der Waals surface area contributed by atoms with Crippen molar-refractivity contribution in [1.82, 2.24) is 0 Å². The Bertz CT molecular complexity index is 944. The minimum Gasteiger partial charge on any atom is -0.496 e. The molecule has 3 aromatic rings. The number of ether oxygens (including phenoxy) is 2.